The normalized spacial score (nSPS) is 31.5. The average Bonchev–Trinajstić information content (AvgIpc) is 3.11. The van der Waals surface area contributed by atoms with Crippen LogP contribution in [0.5, 0.6) is 0 Å². The van der Waals surface area contributed by atoms with Gasteiger partial charge in [0, 0.05) is 40.7 Å². The van der Waals surface area contributed by atoms with E-state index >= 15 is 0 Å². The lowest BCUT2D eigenvalue weighted by molar-refractivity contribution is -0.130. The molecule has 2 aliphatic heterocycles. The van der Waals surface area contributed by atoms with Gasteiger partial charge in [-0.1, -0.05) is 48.3 Å². The lowest BCUT2D eigenvalue weighted by atomic mass is 9.56. The fourth-order valence-corrected chi connectivity index (χ4v) is 7.49. The van der Waals surface area contributed by atoms with E-state index in [0.29, 0.717) is 35.1 Å². The van der Waals surface area contributed by atoms with Crippen molar-refractivity contribution in [2.75, 3.05) is 13.1 Å². The van der Waals surface area contributed by atoms with E-state index in [0.717, 1.165) is 30.4 Å². The van der Waals surface area contributed by atoms with Gasteiger partial charge in [0.1, 0.15) is 0 Å². The van der Waals surface area contributed by atoms with Crippen molar-refractivity contribution in [2.45, 2.75) is 57.4 Å². The van der Waals surface area contributed by atoms with Gasteiger partial charge in [0.2, 0.25) is 11.8 Å². The Morgan fingerprint density at radius 1 is 1.11 bits per heavy atom. The van der Waals surface area contributed by atoms with Crippen LogP contribution in [0.2, 0.25) is 10.0 Å². The maximum Gasteiger partial charge on any atom is 0.253 e. The van der Waals surface area contributed by atoms with Crippen molar-refractivity contribution in [1.82, 2.24) is 10.2 Å². The molecule has 3 amide bonds. The molecule has 3 fully saturated rings. The number of rotatable bonds is 4. The molecule has 37 heavy (non-hydrogen) atoms. The fraction of sp³-hybridized carbons (Fsp3) is 0.483. The standard InChI is InChI=1S/C29H33Cl2N3O3/c1-16-25-24(17-5-8-20(30)9-6-17)22(11-12-29(25,2)28(37)33-16)21-10-7-18(14-23(21)31)27(36)34-13-3-4-19(15-34)26(32)35/h5-10,14,16,19,22,24-25H,3-4,11-13,15H2,1-2H3,(H2,32,35)(H,33,37)/t16-,19?,22+,24+,25+,29-/m1/s1. The molecule has 1 unspecified atom stereocenters. The van der Waals surface area contributed by atoms with Crippen LogP contribution in [0.15, 0.2) is 42.5 Å². The van der Waals surface area contributed by atoms with Crippen LogP contribution < -0.4 is 11.1 Å². The Bertz CT molecular complexity index is 1230. The molecule has 2 aromatic rings. The Morgan fingerprint density at radius 3 is 2.51 bits per heavy atom. The van der Waals surface area contributed by atoms with Gasteiger partial charge in [-0.05, 0) is 79.8 Å². The number of nitrogens with two attached hydrogens (primary N) is 1. The second-order valence-electron chi connectivity index (χ2n) is 11.2. The predicted octanol–water partition coefficient (Wildman–Crippen LogP) is 5.13. The van der Waals surface area contributed by atoms with E-state index in [1.165, 1.54) is 0 Å². The van der Waals surface area contributed by atoms with Crippen molar-refractivity contribution in [1.29, 1.82) is 0 Å². The molecule has 8 heteroatoms. The van der Waals surface area contributed by atoms with Gasteiger partial charge in [-0.15, -0.1) is 0 Å². The highest BCUT2D eigenvalue weighted by atomic mass is 35.5. The zero-order valence-electron chi connectivity index (χ0n) is 21.2. The molecule has 0 aromatic heterocycles. The monoisotopic (exact) mass is 541 g/mol. The van der Waals surface area contributed by atoms with Crippen molar-refractivity contribution in [2.24, 2.45) is 23.0 Å². The molecule has 0 spiro atoms. The first-order valence-corrected chi connectivity index (χ1v) is 13.8. The molecule has 3 N–H and O–H groups in total. The summed E-state index contributed by atoms with van der Waals surface area (Å²) in [6.45, 7) is 5.11. The number of halogens is 2. The lowest BCUT2D eigenvalue weighted by Gasteiger charge is -2.46. The van der Waals surface area contributed by atoms with Gasteiger partial charge in [-0.25, -0.2) is 0 Å². The Kier molecular flexibility index (Phi) is 7.01. The smallest absolute Gasteiger partial charge is 0.253 e. The summed E-state index contributed by atoms with van der Waals surface area (Å²) >= 11 is 13.1. The Balaban J connectivity index is 1.48. The summed E-state index contributed by atoms with van der Waals surface area (Å²) in [5.41, 5.74) is 7.68. The number of benzene rings is 2. The van der Waals surface area contributed by atoms with Crippen LogP contribution in [-0.4, -0.2) is 41.8 Å². The van der Waals surface area contributed by atoms with E-state index in [4.69, 9.17) is 28.9 Å². The van der Waals surface area contributed by atoms with E-state index < -0.39 is 5.41 Å². The summed E-state index contributed by atoms with van der Waals surface area (Å²) in [5.74, 6) is -0.459. The van der Waals surface area contributed by atoms with Crippen LogP contribution in [0.1, 0.15) is 72.9 Å². The lowest BCUT2D eigenvalue weighted by Crippen LogP contribution is -2.44. The van der Waals surface area contributed by atoms with Crippen molar-refractivity contribution < 1.29 is 14.4 Å². The van der Waals surface area contributed by atoms with Crippen LogP contribution >= 0.6 is 23.2 Å². The van der Waals surface area contributed by atoms with Gasteiger partial charge >= 0.3 is 0 Å². The second-order valence-corrected chi connectivity index (χ2v) is 12.0. The van der Waals surface area contributed by atoms with Crippen molar-refractivity contribution in [3.63, 3.8) is 0 Å². The number of hydrogen-bond acceptors (Lipinski definition) is 3. The first kappa shape index (κ1) is 26.1. The fourth-order valence-electron chi connectivity index (χ4n) is 7.05. The molecular formula is C29H33Cl2N3O3. The van der Waals surface area contributed by atoms with E-state index in [9.17, 15) is 14.4 Å². The highest BCUT2D eigenvalue weighted by Gasteiger charge is 2.57. The predicted molar refractivity (Wildman–Crippen MR) is 145 cm³/mol. The molecule has 5 rings (SSSR count). The number of amides is 3. The molecule has 0 radical (unpaired) electrons. The summed E-state index contributed by atoms with van der Waals surface area (Å²) in [4.78, 5) is 39.6. The highest BCUT2D eigenvalue weighted by Crippen LogP contribution is 2.59. The molecular weight excluding hydrogens is 509 g/mol. The molecule has 2 aromatic carbocycles. The first-order valence-electron chi connectivity index (χ1n) is 13.0. The molecule has 6 nitrogen and oxygen atoms in total. The number of nitrogens with one attached hydrogen (secondary N) is 1. The second kappa shape index (κ2) is 9.95. The van der Waals surface area contributed by atoms with Crippen LogP contribution in [-0.2, 0) is 9.59 Å². The third-order valence-corrected chi connectivity index (χ3v) is 9.54. The minimum absolute atomic E-state index is 0.0258. The van der Waals surface area contributed by atoms with Gasteiger partial charge in [0.25, 0.3) is 5.91 Å². The minimum atomic E-state index is -0.451. The summed E-state index contributed by atoms with van der Waals surface area (Å²) in [5, 5.41) is 4.41. The van der Waals surface area contributed by atoms with Crippen LogP contribution in [0.4, 0.5) is 0 Å². The zero-order valence-corrected chi connectivity index (χ0v) is 22.7. The SMILES string of the molecule is C[C@H]1NC(=O)[C@]2(C)CC[C@@H](c3ccc(C(=O)N4CCCC(C(N)=O)C4)cc3Cl)[C@H](c3ccc(Cl)cc3)[C@H]12. The van der Waals surface area contributed by atoms with Gasteiger partial charge in [0.15, 0.2) is 0 Å². The van der Waals surface area contributed by atoms with Gasteiger partial charge in [-0.3, -0.25) is 14.4 Å². The van der Waals surface area contributed by atoms with Crippen LogP contribution in [0.25, 0.3) is 0 Å². The zero-order chi connectivity index (χ0) is 26.5. The van der Waals surface area contributed by atoms with Gasteiger partial charge < -0.3 is 16.0 Å². The maximum absolute atomic E-state index is 13.3. The number of nitrogens with zero attached hydrogens (tertiary/aromatic N) is 1. The maximum atomic E-state index is 13.3. The molecule has 1 saturated carbocycles. The summed E-state index contributed by atoms with van der Waals surface area (Å²) in [6.07, 6.45) is 3.03. The van der Waals surface area contributed by atoms with Crippen molar-refractivity contribution in [3.8, 4) is 0 Å². The van der Waals surface area contributed by atoms with Crippen molar-refractivity contribution in [3.05, 3.63) is 69.2 Å². The number of likely N-dealkylation sites (tertiary alicyclic amines) is 1. The number of fused-ring (bicyclic) bond motifs is 1. The highest BCUT2D eigenvalue weighted by molar-refractivity contribution is 6.32. The number of hydrogen-bond donors (Lipinski definition) is 2. The summed E-state index contributed by atoms with van der Waals surface area (Å²) < 4.78 is 0. The van der Waals surface area contributed by atoms with Crippen LogP contribution in [0, 0.1) is 17.3 Å². The third kappa shape index (κ3) is 4.63. The van der Waals surface area contributed by atoms with Crippen LogP contribution in [0.3, 0.4) is 0 Å². The van der Waals surface area contributed by atoms with E-state index in [1.54, 1.807) is 11.0 Å². The molecule has 3 aliphatic rings. The number of piperidine rings is 1. The Labute approximate surface area is 227 Å². The quantitative estimate of drug-likeness (QED) is 0.561. The molecule has 6 atom stereocenters. The van der Waals surface area contributed by atoms with E-state index in [-0.39, 0.29) is 47.4 Å². The van der Waals surface area contributed by atoms with Gasteiger partial charge in [-0.2, -0.15) is 0 Å². The van der Waals surface area contributed by atoms with Crippen molar-refractivity contribution >= 4 is 40.9 Å². The first-order chi connectivity index (χ1) is 17.6. The topological polar surface area (TPSA) is 92.5 Å². The Morgan fingerprint density at radius 2 is 1.84 bits per heavy atom. The minimum Gasteiger partial charge on any atom is -0.369 e. The molecule has 1 aliphatic carbocycles. The number of carbonyl (C=O) groups excluding carboxylic acids is 3. The van der Waals surface area contributed by atoms with E-state index in [1.807, 2.05) is 24.3 Å². The summed E-state index contributed by atoms with van der Waals surface area (Å²) in [7, 11) is 0. The molecule has 2 saturated heterocycles. The van der Waals surface area contributed by atoms with E-state index in [2.05, 4.69) is 31.3 Å². The van der Waals surface area contributed by atoms with Gasteiger partial charge in [0.05, 0.1) is 11.3 Å². The Hall–Kier alpha value is -2.57. The molecule has 2 heterocycles. The number of carbonyl (C=O) groups is 3. The third-order valence-electron chi connectivity index (χ3n) is 8.96. The molecule has 0 bridgehead atoms. The molecule has 196 valence electrons. The number of primary amides is 1. The largest absolute Gasteiger partial charge is 0.369 e. The summed E-state index contributed by atoms with van der Waals surface area (Å²) in [6, 6.07) is 13.5. The average molecular weight is 543 g/mol.